The van der Waals surface area contributed by atoms with Crippen molar-refractivity contribution < 1.29 is 19.4 Å². The SMILES string of the molecule is CCCCOCCOCC(=O)O.[Na]. The van der Waals surface area contributed by atoms with Gasteiger partial charge in [0.15, 0.2) is 0 Å². The van der Waals surface area contributed by atoms with E-state index in [1.54, 1.807) is 0 Å². The molecule has 73 valence electrons. The van der Waals surface area contributed by atoms with E-state index in [1.165, 1.54) is 0 Å². The molecule has 13 heavy (non-hydrogen) atoms. The van der Waals surface area contributed by atoms with Crippen LogP contribution in [-0.4, -0.2) is 67.1 Å². The van der Waals surface area contributed by atoms with Crippen LogP contribution in [0.3, 0.4) is 0 Å². The molecule has 0 amide bonds. The number of ether oxygens (including phenoxy) is 2. The van der Waals surface area contributed by atoms with Gasteiger partial charge in [0.1, 0.15) is 6.61 Å². The Bertz CT molecular complexity index is 119. The first-order valence-electron chi connectivity index (χ1n) is 4.14. The van der Waals surface area contributed by atoms with Gasteiger partial charge in [-0.25, -0.2) is 4.79 Å². The summed E-state index contributed by atoms with van der Waals surface area (Å²) in [5.41, 5.74) is 0. The third-order valence-electron chi connectivity index (χ3n) is 1.24. The Morgan fingerprint density at radius 1 is 1.23 bits per heavy atom. The van der Waals surface area contributed by atoms with Crippen LogP contribution in [0.15, 0.2) is 0 Å². The first-order valence-corrected chi connectivity index (χ1v) is 4.14. The van der Waals surface area contributed by atoms with Crippen molar-refractivity contribution in [3.8, 4) is 0 Å². The van der Waals surface area contributed by atoms with Crippen molar-refractivity contribution >= 4 is 35.5 Å². The van der Waals surface area contributed by atoms with E-state index in [0.717, 1.165) is 19.4 Å². The van der Waals surface area contributed by atoms with Gasteiger partial charge in [0, 0.05) is 36.2 Å². The smallest absolute Gasteiger partial charge is 0.329 e. The molecule has 0 fully saturated rings. The topological polar surface area (TPSA) is 55.8 Å². The Morgan fingerprint density at radius 3 is 2.38 bits per heavy atom. The zero-order chi connectivity index (χ0) is 9.23. The molecule has 0 aromatic carbocycles. The van der Waals surface area contributed by atoms with E-state index in [9.17, 15) is 4.79 Å². The predicted octanol–water partition coefficient (Wildman–Crippen LogP) is 0.523. The van der Waals surface area contributed by atoms with Crippen LogP contribution in [-0.2, 0) is 14.3 Å². The number of carboxylic acid groups (broad SMARTS) is 1. The molecule has 0 bridgehead atoms. The van der Waals surface area contributed by atoms with Crippen molar-refractivity contribution in [3.05, 3.63) is 0 Å². The maximum absolute atomic E-state index is 9.97. The van der Waals surface area contributed by atoms with Crippen LogP contribution in [0.1, 0.15) is 19.8 Å². The molecule has 1 N–H and O–H groups in total. The van der Waals surface area contributed by atoms with Crippen LogP contribution >= 0.6 is 0 Å². The standard InChI is InChI=1S/C8H16O4.Na/c1-2-3-4-11-5-6-12-7-8(9)10;/h2-7H2,1H3,(H,9,10);. The molecule has 0 aliphatic rings. The first kappa shape index (κ1) is 15.8. The van der Waals surface area contributed by atoms with Crippen LogP contribution in [0, 0.1) is 0 Å². The Kier molecular flexibility index (Phi) is 15.1. The number of hydrogen-bond donors (Lipinski definition) is 1. The average Bonchev–Trinajstić information content (AvgIpc) is 2.02. The number of carboxylic acids is 1. The summed E-state index contributed by atoms with van der Waals surface area (Å²) >= 11 is 0. The van der Waals surface area contributed by atoms with Gasteiger partial charge in [-0.2, -0.15) is 0 Å². The Hall–Kier alpha value is 0.390. The van der Waals surface area contributed by atoms with Crippen LogP contribution in [0.4, 0.5) is 0 Å². The van der Waals surface area contributed by atoms with E-state index in [-0.39, 0.29) is 36.2 Å². The quantitative estimate of drug-likeness (QED) is 0.457. The fraction of sp³-hybridized carbons (Fsp3) is 0.875. The molecule has 0 heterocycles. The van der Waals surface area contributed by atoms with Crippen molar-refractivity contribution in [1.29, 1.82) is 0 Å². The molecule has 0 spiro atoms. The molecule has 0 saturated carbocycles. The van der Waals surface area contributed by atoms with Crippen molar-refractivity contribution in [1.82, 2.24) is 0 Å². The third-order valence-corrected chi connectivity index (χ3v) is 1.24. The maximum Gasteiger partial charge on any atom is 0.329 e. The summed E-state index contributed by atoms with van der Waals surface area (Å²) in [6.07, 6.45) is 2.15. The van der Waals surface area contributed by atoms with Gasteiger partial charge in [0.2, 0.25) is 0 Å². The Balaban J connectivity index is 0. The van der Waals surface area contributed by atoms with E-state index in [0.29, 0.717) is 13.2 Å². The van der Waals surface area contributed by atoms with Crippen LogP contribution in [0.5, 0.6) is 0 Å². The van der Waals surface area contributed by atoms with E-state index in [2.05, 4.69) is 6.92 Å². The van der Waals surface area contributed by atoms with Gasteiger partial charge in [-0.3, -0.25) is 0 Å². The second kappa shape index (κ2) is 12.4. The largest absolute Gasteiger partial charge is 0.480 e. The molecule has 0 atom stereocenters. The van der Waals surface area contributed by atoms with Gasteiger partial charge < -0.3 is 14.6 Å². The van der Waals surface area contributed by atoms with E-state index < -0.39 is 5.97 Å². The van der Waals surface area contributed by atoms with Gasteiger partial charge in [-0.05, 0) is 6.42 Å². The normalized spacial score (nSPS) is 9.31. The minimum atomic E-state index is -0.941. The first-order chi connectivity index (χ1) is 5.77. The minimum Gasteiger partial charge on any atom is -0.480 e. The molecule has 0 aliphatic heterocycles. The van der Waals surface area contributed by atoms with E-state index in [1.807, 2.05) is 0 Å². The van der Waals surface area contributed by atoms with Crippen LogP contribution < -0.4 is 0 Å². The van der Waals surface area contributed by atoms with Gasteiger partial charge in [-0.1, -0.05) is 13.3 Å². The van der Waals surface area contributed by atoms with Crippen LogP contribution in [0.2, 0.25) is 0 Å². The second-order valence-electron chi connectivity index (χ2n) is 2.41. The molecule has 1 radical (unpaired) electrons. The zero-order valence-electron chi connectivity index (χ0n) is 8.41. The van der Waals surface area contributed by atoms with Gasteiger partial charge >= 0.3 is 5.97 Å². The summed E-state index contributed by atoms with van der Waals surface area (Å²) in [5, 5.41) is 8.19. The molecule has 5 heteroatoms. The summed E-state index contributed by atoms with van der Waals surface area (Å²) in [5.74, 6) is -0.941. The molecule has 0 aromatic heterocycles. The van der Waals surface area contributed by atoms with Crippen molar-refractivity contribution in [2.45, 2.75) is 19.8 Å². The summed E-state index contributed by atoms with van der Waals surface area (Å²) in [7, 11) is 0. The molecule has 0 unspecified atom stereocenters. The number of hydrogen-bond acceptors (Lipinski definition) is 3. The fourth-order valence-corrected chi connectivity index (χ4v) is 0.626. The maximum atomic E-state index is 9.97. The molecular weight excluding hydrogens is 183 g/mol. The van der Waals surface area contributed by atoms with Gasteiger partial charge in [0.25, 0.3) is 0 Å². The van der Waals surface area contributed by atoms with E-state index >= 15 is 0 Å². The zero-order valence-corrected chi connectivity index (χ0v) is 10.4. The predicted molar refractivity (Wildman–Crippen MR) is 49.9 cm³/mol. The van der Waals surface area contributed by atoms with Crippen LogP contribution in [0.25, 0.3) is 0 Å². The molecule has 0 aliphatic carbocycles. The van der Waals surface area contributed by atoms with Gasteiger partial charge in [0.05, 0.1) is 13.2 Å². The summed E-state index contributed by atoms with van der Waals surface area (Å²) in [6.45, 7) is 3.41. The number of unbranched alkanes of at least 4 members (excludes halogenated alkanes) is 1. The number of rotatable bonds is 8. The molecular formula is C8H16NaO4. The molecule has 0 saturated heterocycles. The second-order valence-corrected chi connectivity index (χ2v) is 2.41. The monoisotopic (exact) mass is 199 g/mol. The van der Waals surface area contributed by atoms with Crippen molar-refractivity contribution in [3.63, 3.8) is 0 Å². The molecule has 0 aromatic rings. The Labute approximate surface area is 101 Å². The number of carbonyl (C=O) groups is 1. The summed E-state index contributed by atoms with van der Waals surface area (Å²) in [6, 6.07) is 0. The third kappa shape index (κ3) is 15.2. The summed E-state index contributed by atoms with van der Waals surface area (Å²) < 4.78 is 9.89. The fourth-order valence-electron chi connectivity index (χ4n) is 0.626. The minimum absolute atomic E-state index is 0. The van der Waals surface area contributed by atoms with Gasteiger partial charge in [-0.15, -0.1) is 0 Å². The summed E-state index contributed by atoms with van der Waals surface area (Å²) in [4.78, 5) is 9.97. The molecule has 0 rings (SSSR count). The van der Waals surface area contributed by atoms with E-state index in [4.69, 9.17) is 14.6 Å². The van der Waals surface area contributed by atoms with Crippen molar-refractivity contribution in [2.24, 2.45) is 0 Å². The van der Waals surface area contributed by atoms with Crippen molar-refractivity contribution in [2.75, 3.05) is 26.4 Å². The number of aliphatic carboxylic acids is 1. The average molecular weight is 199 g/mol. The molecule has 4 nitrogen and oxygen atoms in total. The Morgan fingerprint density at radius 2 is 1.85 bits per heavy atom.